The third-order valence-corrected chi connectivity index (χ3v) is 7.27. The highest BCUT2D eigenvalue weighted by Crippen LogP contribution is 2.24. The maximum atomic E-state index is 12.8. The van der Waals surface area contributed by atoms with Crippen LogP contribution in [-0.4, -0.2) is 58.0 Å². The van der Waals surface area contributed by atoms with Crippen molar-refractivity contribution in [3.63, 3.8) is 0 Å². The minimum atomic E-state index is -3.57. The Labute approximate surface area is 161 Å². The fourth-order valence-corrected chi connectivity index (χ4v) is 5.16. The lowest BCUT2D eigenvalue weighted by atomic mass is 9.85. The molecule has 150 valence electrons. The quantitative estimate of drug-likeness (QED) is 0.765. The number of anilines is 1. The summed E-state index contributed by atoms with van der Waals surface area (Å²) in [5.41, 5.74) is 0.517. The molecule has 1 aromatic rings. The molecule has 2 heterocycles. The molecular formula is C19H29N3O4S. The summed E-state index contributed by atoms with van der Waals surface area (Å²) in [5, 5.41) is 6.24. The van der Waals surface area contributed by atoms with Crippen LogP contribution in [0.2, 0.25) is 0 Å². The van der Waals surface area contributed by atoms with Crippen LogP contribution in [-0.2, 0) is 19.6 Å². The van der Waals surface area contributed by atoms with E-state index in [0.717, 1.165) is 25.9 Å². The molecule has 1 amide bonds. The molecule has 8 heteroatoms. The maximum Gasteiger partial charge on any atom is 0.243 e. The predicted octanol–water partition coefficient (Wildman–Crippen LogP) is 1.67. The summed E-state index contributed by atoms with van der Waals surface area (Å²) in [7, 11) is -3.57. The Morgan fingerprint density at radius 2 is 2.15 bits per heavy atom. The Balaban J connectivity index is 1.62. The number of morpholine rings is 1. The number of carbonyl (C=O) groups excluding carboxylic acids is 1. The SMILES string of the molecule is CC(CC(=O)Nc1cccc(S(=O)(=O)N2CCOCC2)c1)C1CCCNC1. The van der Waals surface area contributed by atoms with E-state index in [4.69, 9.17) is 4.74 Å². The fourth-order valence-electron chi connectivity index (χ4n) is 3.71. The van der Waals surface area contributed by atoms with Gasteiger partial charge < -0.3 is 15.4 Å². The van der Waals surface area contributed by atoms with Crippen molar-refractivity contribution in [3.05, 3.63) is 24.3 Å². The van der Waals surface area contributed by atoms with Gasteiger partial charge in [0.05, 0.1) is 18.1 Å². The first-order chi connectivity index (χ1) is 13.0. The number of sulfonamides is 1. The van der Waals surface area contributed by atoms with Gasteiger partial charge in [-0.15, -0.1) is 0 Å². The molecule has 2 aliphatic rings. The highest BCUT2D eigenvalue weighted by atomic mass is 32.2. The van der Waals surface area contributed by atoms with Gasteiger partial charge >= 0.3 is 0 Å². The van der Waals surface area contributed by atoms with Crippen molar-refractivity contribution in [1.82, 2.24) is 9.62 Å². The number of amides is 1. The summed E-state index contributed by atoms with van der Waals surface area (Å²) in [6, 6.07) is 6.49. The third-order valence-electron chi connectivity index (χ3n) is 5.37. The second-order valence-electron chi connectivity index (χ2n) is 7.38. The molecule has 2 fully saturated rings. The summed E-state index contributed by atoms with van der Waals surface area (Å²) in [6.45, 7) is 5.64. The molecule has 2 aliphatic heterocycles. The van der Waals surface area contributed by atoms with Crippen LogP contribution in [0.4, 0.5) is 5.69 Å². The molecular weight excluding hydrogens is 366 g/mol. The number of benzene rings is 1. The van der Waals surface area contributed by atoms with E-state index in [0.29, 0.717) is 44.3 Å². The van der Waals surface area contributed by atoms with Gasteiger partial charge in [-0.1, -0.05) is 13.0 Å². The first-order valence-electron chi connectivity index (χ1n) is 9.65. The van der Waals surface area contributed by atoms with E-state index in [1.54, 1.807) is 18.2 Å². The number of hydrogen-bond acceptors (Lipinski definition) is 5. The van der Waals surface area contributed by atoms with Crippen LogP contribution >= 0.6 is 0 Å². The van der Waals surface area contributed by atoms with Crippen molar-refractivity contribution in [2.24, 2.45) is 11.8 Å². The van der Waals surface area contributed by atoms with E-state index >= 15 is 0 Å². The minimum absolute atomic E-state index is 0.0750. The van der Waals surface area contributed by atoms with Crippen LogP contribution in [0.3, 0.4) is 0 Å². The van der Waals surface area contributed by atoms with Crippen LogP contribution in [0.1, 0.15) is 26.2 Å². The zero-order valence-corrected chi connectivity index (χ0v) is 16.6. The van der Waals surface area contributed by atoms with Gasteiger partial charge in [-0.05, 0) is 56.0 Å². The Morgan fingerprint density at radius 3 is 2.85 bits per heavy atom. The van der Waals surface area contributed by atoms with Gasteiger partial charge in [0, 0.05) is 25.2 Å². The molecule has 0 saturated carbocycles. The first kappa shape index (κ1) is 20.3. The highest BCUT2D eigenvalue weighted by Gasteiger charge is 2.27. The van der Waals surface area contributed by atoms with E-state index in [1.165, 1.54) is 10.4 Å². The van der Waals surface area contributed by atoms with Gasteiger partial charge in [0.1, 0.15) is 0 Å². The molecule has 0 bridgehead atoms. The summed E-state index contributed by atoms with van der Waals surface area (Å²) < 4.78 is 32.2. The van der Waals surface area contributed by atoms with Gasteiger partial charge in [-0.3, -0.25) is 4.79 Å². The van der Waals surface area contributed by atoms with Crippen molar-refractivity contribution in [2.45, 2.75) is 31.1 Å². The summed E-state index contributed by atoms with van der Waals surface area (Å²) in [5.74, 6) is 0.726. The van der Waals surface area contributed by atoms with E-state index in [1.807, 2.05) is 0 Å². The summed E-state index contributed by atoms with van der Waals surface area (Å²) in [4.78, 5) is 12.6. The molecule has 7 nitrogen and oxygen atoms in total. The molecule has 1 aromatic carbocycles. The van der Waals surface area contributed by atoms with Crippen LogP contribution in [0.5, 0.6) is 0 Å². The Bertz CT molecular complexity index is 741. The first-order valence-corrected chi connectivity index (χ1v) is 11.1. The number of ether oxygens (including phenoxy) is 1. The average molecular weight is 396 g/mol. The number of rotatable bonds is 6. The molecule has 3 rings (SSSR count). The smallest absolute Gasteiger partial charge is 0.243 e. The highest BCUT2D eigenvalue weighted by molar-refractivity contribution is 7.89. The largest absolute Gasteiger partial charge is 0.379 e. The molecule has 2 atom stereocenters. The molecule has 0 radical (unpaired) electrons. The topological polar surface area (TPSA) is 87.7 Å². The summed E-state index contributed by atoms with van der Waals surface area (Å²) >= 11 is 0. The van der Waals surface area contributed by atoms with Crippen molar-refractivity contribution in [1.29, 1.82) is 0 Å². The lowest BCUT2D eigenvalue weighted by Crippen LogP contribution is -2.40. The molecule has 0 aliphatic carbocycles. The van der Waals surface area contributed by atoms with Crippen molar-refractivity contribution in [3.8, 4) is 0 Å². The average Bonchev–Trinajstić information content (AvgIpc) is 2.69. The Morgan fingerprint density at radius 1 is 1.37 bits per heavy atom. The molecule has 0 aromatic heterocycles. The zero-order chi connectivity index (χ0) is 19.3. The van der Waals surface area contributed by atoms with Gasteiger partial charge in [-0.2, -0.15) is 4.31 Å². The number of piperidine rings is 1. The Hall–Kier alpha value is -1.48. The standard InChI is InChI=1S/C19H29N3O4S/c1-15(16-4-3-7-20-14-16)12-19(23)21-17-5-2-6-18(13-17)27(24,25)22-8-10-26-11-9-22/h2,5-6,13,15-16,20H,3-4,7-12,14H2,1H3,(H,21,23). The number of hydrogen-bond donors (Lipinski definition) is 2. The van der Waals surface area contributed by atoms with E-state index in [9.17, 15) is 13.2 Å². The molecule has 2 N–H and O–H groups in total. The van der Waals surface area contributed by atoms with Crippen molar-refractivity contribution >= 4 is 21.6 Å². The van der Waals surface area contributed by atoms with Gasteiger partial charge in [0.25, 0.3) is 0 Å². The van der Waals surface area contributed by atoms with E-state index in [2.05, 4.69) is 17.6 Å². The lowest BCUT2D eigenvalue weighted by Gasteiger charge is -2.28. The van der Waals surface area contributed by atoms with E-state index in [-0.39, 0.29) is 16.7 Å². The number of nitrogens with zero attached hydrogens (tertiary/aromatic N) is 1. The predicted molar refractivity (Wildman–Crippen MR) is 104 cm³/mol. The molecule has 2 saturated heterocycles. The van der Waals surface area contributed by atoms with Gasteiger partial charge in [0.2, 0.25) is 15.9 Å². The van der Waals surface area contributed by atoms with Crippen molar-refractivity contribution in [2.75, 3.05) is 44.7 Å². The second kappa shape index (κ2) is 9.14. The van der Waals surface area contributed by atoms with Crippen LogP contribution in [0.15, 0.2) is 29.2 Å². The molecule has 0 spiro atoms. The van der Waals surface area contributed by atoms with Crippen LogP contribution < -0.4 is 10.6 Å². The van der Waals surface area contributed by atoms with Crippen LogP contribution in [0, 0.1) is 11.8 Å². The molecule has 2 unspecified atom stereocenters. The maximum absolute atomic E-state index is 12.8. The van der Waals surface area contributed by atoms with Crippen LogP contribution in [0.25, 0.3) is 0 Å². The van der Waals surface area contributed by atoms with Gasteiger partial charge in [0.15, 0.2) is 0 Å². The second-order valence-corrected chi connectivity index (χ2v) is 9.32. The number of carbonyl (C=O) groups is 1. The number of nitrogens with one attached hydrogen (secondary N) is 2. The third kappa shape index (κ3) is 5.28. The lowest BCUT2D eigenvalue weighted by molar-refractivity contribution is -0.117. The summed E-state index contributed by atoms with van der Waals surface area (Å²) in [6.07, 6.45) is 2.74. The zero-order valence-electron chi connectivity index (χ0n) is 15.8. The monoisotopic (exact) mass is 395 g/mol. The normalized spacial score (nSPS) is 22.9. The van der Waals surface area contributed by atoms with E-state index < -0.39 is 10.0 Å². The fraction of sp³-hybridized carbons (Fsp3) is 0.632. The van der Waals surface area contributed by atoms with Gasteiger partial charge in [-0.25, -0.2) is 8.42 Å². The van der Waals surface area contributed by atoms with Crippen molar-refractivity contribution < 1.29 is 17.9 Å². The minimum Gasteiger partial charge on any atom is -0.379 e. The molecule has 27 heavy (non-hydrogen) atoms. The Kier molecular flexibility index (Phi) is 6.86.